The summed E-state index contributed by atoms with van der Waals surface area (Å²) in [7, 11) is 0. The van der Waals surface area contributed by atoms with Gasteiger partial charge < -0.3 is 9.84 Å². The molecule has 0 radical (unpaired) electrons. The third-order valence-electron chi connectivity index (χ3n) is 2.27. The zero-order chi connectivity index (χ0) is 13.7. The number of benzene rings is 1. The SMILES string of the molecule is CCOc1n[nH]c(NC(=O)Cc2cccc(O)c2)n1. The van der Waals surface area contributed by atoms with E-state index in [1.165, 1.54) is 6.07 Å². The van der Waals surface area contributed by atoms with Crippen molar-refractivity contribution in [3.05, 3.63) is 29.8 Å². The number of amides is 1. The van der Waals surface area contributed by atoms with Crippen molar-refractivity contribution in [1.29, 1.82) is 0 Å². The van der Waals surface area contributed by atoms with Crippen molar-refractivity contribution in [2.45, 2.75) is 13.3 Å². The maximum atomic E-state index is 11.7. The number of anilines is 1. The Hall–Kier alpha value is -2.57. The van der Waals surface area contributed by atoms with Gasteiger partial charge in [0.15, 0.2) is 0 Å². The predicted octanol–water partition coefficient (Wildman–Crippen LogP) is 1.09. The molecule has 0 aliphatic carbocycles. The summed E-state index contributed by atoms with van der Waals surface area (Å²) in [6, 6.07) is 6.71. The number of ether oxygens (including phenoxy) is 1. The van der Waals surface area contributed by atoms with Gasteiger partial charge in [-0.25, -0.2) is 5.10 Å². The summed E-state index contributed by atoms with van der Waals surface area (Å²) >= 11 is 0. The molecule has 0 saturated heterocycles. The van der Waals surface area contributed by atoms with Crippen molar-refractivity contribution in [1.82, 2.24) is 15.2 Å². The molecule has 1 aromatic heterocycles. The Labute approximate surface area is 109 Å². The predicted molar refractivity (Wildman–Crippen MR) is 68.0 cm³/mol. The highest BCUT2D eigenvalue weighted by atomic mass is 16.5. The van der Waals surface area contributed by atoms with Crippen LogP contribution in [0, 0.1) is 0 Å². The first-order chi connectivity index (χ1) is 9.17. The number of phenolic OH excluding ortho intramolecular Hbond substituents is 1. The van der Waals surface area contributed by atoms with Gasteiger partial charge in [0.2, 0.25) is 11.9 Å². The average molecular weight is 262 g/mol. The Bertz CT molecular complexity index is 568. The van der Waals surface area contributed by atoms with Gasteiger partial charge in [0, 0.05) is 0 Å². The van der Waals surface area contributed by atoms with Gasteiger partial charge in [0.1, 0.15) is 5.75 Å². The lowest BCUT2D eigenvalue weighted by molar-refractivity contribution is -0.115. The van der Waals surface area contributed by atoms with E-state index < -0.39 is 0 Å². The monoisotopic (exact) mass is 262 g/mol. The molecule has 0 aliphatic heterocycles. The van der Waals surface area contributed by atoms with Crippen molar-refractivity contribution >= 4 is 11.9 Å². The Balaban J connectivity index is 1.93. The first kappa shape index (κ1) is 12.9. The van der Waals surface area contributed by atoms with Crippen molar-refractivity contribution < 1.29 is 14.6 Å². The largest absolute Gasteiger partial charge is 0.508 e. The van der Waals surface area contributed by atoms with Gasteiger partial charge in [0.25, 0.3) is 0 Å². The Morgan fingerprint density at radius 3 is 3.11 bits per heavy atom. The lowest BCUT2D eigenvalue weighted by Crippen LogP contribution is -2.15. The molecule has 0 aliphatic rings. The summed E-state index contributed by atoms with van der Waals surface area (Å²) in [5.41, 5.74) is 0.710. The van der Waals surface area contributed by atoms with E-state index in [9.17, 15) is 9.90 Å². The maximum Gasteiger partial charge on any atom is 0.337 e. The fourth-order valence-corrected chi connectivity index (χ4v) is 1.52. The van der Waals surface area contributed by atoms with Gasteiger partial charge in [-0.15, -0.1) is 5.10 Å². The van der Waals surface area contributed by atoms with E-state index in [-0.39, 0.29) is 30.0 Å². The number of aromatic amines is 1. The van der Waals surface area contributed by atoms with Crippen LogP contribution in [-0.2, 0) is 11.2 Å². The lowest BCUT2D eigenvalue weighted by Gasteiger charge is -2.02. The second-order valence-electron chi connectivity index (χ2n) is 3.79. The third kappa shape index (κ3) is 3.70. The fourth-order valence-electron chi connectivity index (χ4n) is 1.52. The number of aromatic nitrogens is 3. The molecule has 1 aromatic carbocycles. The molecule has 100 valence electrons. The van der Waals surface area contributed by atoms with Crippen molar-refractivity contribution in [3.63, 3.8) is 0 Å². The number of nitrogens with zero attached hydrogens (tertiary/aromatic N) is 2. The Morgan fingerprint density at radius 2 is 2.37 bits per heavy atom. The highest BCUT2D eigenvalue weighted by Gasteiger charge is 2.08. The molecule has 3 N–H and O–H groups in total. The number of aromatic hydroxyl groups is 1. The summed E-state index contributed by atoms with van der Waals surface area (Å²) in [6.07, 6.45) is 0.138. The van der Waals surface area contributed by atoms with Crippen LogP contribution in [0.25, 0.3) is 0 Å². The molecule has 7 heteroatoms. The minimum absolute atomic E-state index is 0.128. The topological polar surface area (TPSA) is 100 Å². The van der Waals surface area contributed by atoms with Gasteiger partial charge in [-0.05, 0) is 24.6 Å². The number of nitrogens with one attached hydrogen (secondary N) is 2. The van der Waals surface area contributed by atoms with Crippen LogP contribution in [0.3, 0.4) is 0 Å². The molecule has 0 fully saturated rings. The minimum atomic E-state index is -0.259. The van der Waals surface area contributed by atoms with Gasteiger partial charge in [-0.1, -0.05) is 12.1 Å². The Kier molecular flexibility index (Phi) is 3.97. The zero-order valence-electron chi connectivity index (χ0n) is 10.4. The molecule has 2 rings (SSSR count). The average Bonchev–Trinajstić information content (AvgIpc) is 2.77. The number of phenols is 1. The third-order valence-corrected chi connectivity index (χ3v) is 2.27. The van der Waals surface area contributed by atoms with Crippen molar-refractivity contribution in [2.75, 3.05) is 11.9 Å². The highest BCUT2D eigenvalue weighted by molar-refractivity contribution is 5.90. The minimum Gasteiger partial charge on any atom is -0.508 e. The van der Waals surface area contributed by atoms with E-state index >= 15 is 0 Å². The zero-order valence-corrected chi connectivity index (χ0v) is 10.4. The molecule has 2 aromatic rings. The summed E-state index contributed by atoms with van der Waals surface area (Å²) < 4.78 is 5.06. The quantitative estimate of drug-likeness (QED) is 0.749. The standard InChI is InChI=1S/C12H14N4O3/c1-2-19-12-14-11(15-16-12)13-10(18)7-8-4-3-5-9(17)6-8/h3-6,17H,2,7H2,1H3,(H2,13,14,15,16,18). The number of carbonyl (C=O) groups is 1. The number of carbonyl (C=O) groups excluding carboxylic acids is 1. The van der Waals surface area contributed by atoms with Gasteiger partial charge in [-0.2, -0.15) is 4.98 Å². The van der Waals surface area contributed by atoms with E-state index in [0.29, 0.717) is 12.2 Å². The molecule has 0 unspecified atom stereocenters. The molecular formula is C12H14N4O3. The van der Waals surface area contributed by atoms with E-state index in [2.05, 4.69) is 20.5 Å². The van der Waals surface area contributed by atoms with Crippen LogP contribution < -0.4 is 10.1 Å². The van der Waals surface area contributed by atoms with Crippen LogP contribution in [0.1, 0.15) is 12.5 Å². The lowest BCUT2D eigenvalue weighted by atomic mass is 10.1. The first-order valence-corrected chi connectivity index (χ1v) is 5.80. The smallest absolute Gasteiger partial charge is 0.337 e. The molecule has 7 nitrogen and oxygen atoms in total. The number of hydrogen-bond donors (Lipinski definition) is 3. The van der Waals surface area contributed by atoms with Crippen LogP contribution in [0.2, 0.25) is 0 Å². The van der Waals surface area contributed by atoms with Crippen LogP contribution in [0.5, 0.6) is 11.8 Å². The van der Waals surface area contributed by atoms with E-state index in [0.717, 1.165) is 0 Å². The van der Waals surface area contributed by atoms with Crippen molar-refractivity contribution in [3.8, 4) is 11.8 Å². The summed E-state index contributed by atoms with van der Waals surface area (Å²) in [5, 5.41) is 18.2. The maximum absolute atomic E-state index is 11.7. The first-order valence-electron chi connectivity index (χ1n) is 5.80. The van der Waals surface area contributed by atoms with E-state index in [4.69, 9.17) is 4.74 Å². The van der Waals surface area contributed by atoms with E-state index in [1.54, 1.807) is 18.2 Å². The summed E-state index contributed by atoms with van der Waals surface area (Å²) in [5.74, 6) is 0.0991. The molecule has 1 amide bonds. The molecule has 0 spiro atoms. The molecular weight excluding hydrogens is 248 g/mol. The molecule has 1 heterocycles. The van der Waals surface area contributed by atoms with Gasteiger partial charge in [0.05, 0.1) is 13.0 Å². The fraction of sp³-hybridized carbons (Fsp3) is 0.250. The molecule has 19 heavy (non-hydrogen) atoms. The van der Waals surface area contributed by atoms with Gasteiger partial charge >= 0.3 is 6.01 Å². The molecule has 0 atom stereocenters. The normalized spacial score (nSPS) is 10.2. The molecule has 0 bridgehead atoms. The highest BCUT2D eigenvalue weighted by Crippen LogP contribution is 2.12. The number of hydrogen-bond acceptors (Lipinski definition) is 5. The number of H-pyrrole nitrogens is 1. The summed E-state index contributed by atoms with van der Waals surface area (Å²) in [6.45, 7) is 2.27. The van der Waals surface area contributed by atoms with Crippen LogP contribution >= 0.6 is 0 Å². The van der Waals surface area contributed by atoms with Crippen molar-refractivity contribution in [2.24, 2.45) is 0 Å². The second-order valence-corrected chi connectivity index (χ2v) is 3.79. The van der Waals surface area contributed by atoms with E-state index in [1.807, 2.05) is 6.92 Å². The second kappa shape index (κ2) is 5.85. The number of rotatable bonds is 5. The van der Waals surface area contributed by atoms with Gasteiger partial charge in [-0.3, -0.25) is 10.1 Å². The molecule has 0 saturated carbocycles. The van der Waals surface area contributed by atoms with Crippen LogP contribution in [-0.4, -0.2) is 32.8 Å². The Morgan fingerprint density at radius 1 is 1.53 bits per heavy atom. The van der Waals surface area contributed by atoms with Crippen LogP contribution in [0.15, 0.2) is 24.3 Å². The summed E-state index contributed by atoms with van der Waals surface area (Å²) in [4.78, 5) is 15.7. The van der Waals surface area contributed by atoms with Crippen LogP contribution in [0.4, 0.5) is 5.95 Å².